The zero-order valence-electron chi connectivity index (χ0n) is 11.3. The van der Waals surface area contributed by atoms with Crippen LogP contribution in [0.2, 0.25) is 0 Å². The van der Waals surface area contributed by atoms with E-state index in [1.165, 1.54) is 0 Å². The van der Waals surface area contributed by atoms with Crippen LogP contribution < -0.4 is 5.73 Å². The van der Waals surface area contributed by atoms with Gasteiger partial charge in [0.05, 0.1) is 0 Å². The number of carbonyl (C=O) groups is 1. The summed E-state index contributed by atoms with van der Waals surface area (Å²) >= 11 is 1.75. The zero-order valence-corrected chi connectivity index (χ0v) is 12.1. The van der Waals surface area contributed by atoms with Gasteiger partial charge in [0.1, 0.15) is 0 Å². The Balaban J connectivity index is 2.54. The van der Waals surface area contributed by atoms with E-state index in [0.29, 0.717) is 6.42 Å². The van der Waals surface area contributed by atoms with Crippen molar-refractivity contribution >= 4 is 17.7 Å². The van der Waals surface area contributed by atoms with Crippen LogP contribution in [0.5, 0.6) is 0 Å². The third kappa shape index (κ3) is 4.35. The maximum absolute atomic E-state index is 12.1. The van der Waals surface area contributed by atoms with Crippen LogP contribution in [-0.4, -0.2) is 35.9 Å². The Morgan fingerprint density at radius 1 is 1.39 bits per heavy atom. The molecule has 100 valence electrons. The second-order valence-electron chi connectivity index (χ2n) is 4.53. The Hall–Kier alpha value is -1.00. The van der Waals surface area contributed by atoms with Gasteiger partial charge in [-0.15, -0.1) is 0 Å². The van der Waals surface area contributed by atoms with Crippen LogP contribution in [0.4, 0.5) is 0 Å². The van der Waals surface area contributed by atoms with Gasteiger partial charge < -0.3 is 10.6 Å². The van der Waals surface area contributed by atoms with Gasteiger partial charge in [-0.2, -0.15) is 11.8 Å². The molecule has 0 fully saturated rings. The van der Waals surface area contributed by atoms with Crippen molar-refractivity contribution < 1.29 is 4.79 Å². The molecule has 0 saturated carbocycles. The minimum atomic E-state index is -0.220. The fourth-order valence-electron chi connectivity index (χ4n) is 1.75. The van der Waals surface area contributed by atoms with E-state index in [-0.39, 0.29) is 18.0 Å². The standard InChI is InChI=1S/C14H22N2OS/c1-11(10-18-3)16(2)14(17)9-13(15)12-7-5-4-6-8-12/h4-8,11,13H,9-10,15H2,1-3H3/t11-,13-/m0/s1. The molecule has 1 amide bonds. The van der Waals surface area contributed by atoms with E-state index in [0.717, 1.165) is 11.3 Å². The molecular formula is C14H22N2OS. The molecule has 2 atom stereocenters. The second kappa shape index (κ2) is 7.44. The number of carbonyl (C=O) groups excluding carboxylic acids is 1. The summed E-state index contributed by atoms with van der Waals surface area (Å²) in [5.74, 6) is 1.05. The Kier molecular flexibility index (Phi) is 6.22. The summed E-state index contributed by atoms with van der Waals surface area (Å²) in [7, 11) is 1.85. The molecule has 0 aliphatic rings. The lowest BCUT2D eigenvalue weighted by Crippen LogP contribution is -2.38. The minimum absolute atomic E-state index is 0.105. The number of nitrogens with two attached hydrogens (primary N) is 1. The monoisotopic (exact) mass is 266 g/mol. The molecule has 3 nitrogen and oxygen atoms in total. The van der Waals surface area contributed by atoms with E-state index in [2.05, 4.69) is 6.92 Å². The first-order chi connectivity index (χ1) is 8.56. The molecule has 0 unspecified atom stereocenters. The molecule has 4 heteroatoms. The summed E-state index contributed by atoms with van der Waals surface area (Å²) in [5.41, 5.74) is 7.07. The van der Waals surface area contributed by atoms with Crippen LogP contribution in [0, 0.1) is 0 Å². The average Bonchev–Trinajstić information content (AvgIpc) is 2.39. The second-order valence-corrected chi connectivity index (χ2v) is 5.44. The maximum Gasteiger partial charge on any atom is 0.224 e. The van der Waals surface area contributed by atoms with Crippen molar-refractivity contribution in [2.75, 3.05) is 19.1 Å². The van der Waals surface area contributed by atoms with E-state index in [1.54, 1.807) is 16.7 Å². The van der Waals surface area contributed by atoms with Crippen molar-refractivity contribution in [2.24, 2.45) is 5.73 Å². The lowest BCUT2D eigenvalue weighted by atomic mass is 10.0. The first kappa shape index (κ1) is 15.1. The average molecular weight is 266 g/mol. The number of thioether (sulfide) groups is 1. The molecular weight excluding hydrogens is 244 g/mol. The van der Waals surface area contributed by atoms with Gasteiger partial charge in [0, 0.05) is 31.3 Å². The molecule has 1 aromatic carbocycles. The van der Waals surface area contributed by atoms with Crippen LogP contribution in [0.1, 0.15) is 24.9 Å². The van der Waals surface area contributed by atoms with Gasteiger partial charge in [0.15, 0.2) is 0 Å². The van der Waals surface area contributed by atoms with Crippen molar-refractivity contribution in [1.82, 2.24) is 4.90 Å². The molecule has 1 aromatic rings. The Bertz CT molecular complexity index is 369. The highest BCUT2D eigenvalue weighted by molar-refractivity contribution is 7.98. The predicted octanol–water partition coefficient (Wildman–Crippen LogP) is 2.29. The highest BCUT2D eigenvalue weighted by Crippen LogP contribution is 2.15. The molecule has 1 rings (SSSR count). The molecule has 0 radical (unpaired) electrons. The van der Waals surface area contributed by atoms with Crippen LogP contribution in [-0.2, 0) is 4.79 Å². The van der Waals surface area contributed by atoms with Crippen molar-refractivity contribution in [3.05, 3.63) is 35.9 Å². The summed E-state index contributed by atoms with van der Waals surface area (Å²) < 4.78 is 0. The van der Waals surface area contributed by atoms with Gasteiger partial charge in [0.2, 0.25) is 5.91 Å². The molecule has 0 aliphatic heterocycles. The van der Waals surface area contributed by atoms with Gasteiger partial charge in [-0.05, 0) is 18.7 Å². The highest BCUT2D eigenvalue weighted by Gasteiger charge is 2.18. The molecule has 0 aromatic heterocycles. The first-order valence-electron chi connectivity index (χ1n) is 6.11. The SMILES string of the molecule is CSC[C@H](C)N(C)C(=O)C[C@H](N)c1ccccc1. The lowest BCUT2D eigenvalue weighted by Gasteiger charge is -2.25. The number of hydrogen-bond donors (Lipinski definition) is 1. The fraction of sp³-hybridized carbons (Fsp3) is 0.500. The van der Waals surface area contributed by atoms with Crippen molar-refractivity contribution in [3.8, 4) is 0 Å². The summed E-state index contributed by atoms with van der Waals surface area (Å²) in [6.45, 7) is 2.06. The third-order valence-electron chi connectivity index (χ3n) is 3.08. The number of nitrogens with zero attached hydrogens (tertiary/aromatic N) is 1. The predicted molar refractivity (Wildman–Crippen MR) is 78.6 cm³/mol. The molecule has 0 aliphatic carbocycles. The first-order valence-corrected chi connectivity index (χ1v) is 7.50. The number of amides is 1. The zero-order chi connectivity index (χ0) is 13.5. The topological polar surface area (TPSA) is 46.3 Å². The van der Waals surface area contributed by atoms with Gasteiger partial charge in [-0.25, -0.2) is 0 Å². The van der Waals surface area contributed by atoms with E-state index in [9.17, 15) is 4.79 Å². The summed E-state index contributed by atoms with van der Waals surface area (Å²) in [6.07, 6.45) is 2.41. The van der Waals surface area contributed by atoms with Gasteiger partial charge in [-0.3, -0.25) is 4.79 Å². The number of rotatable bonds is 6. The molecule has 18 heavy (non-hydrogen) atoms. The van der Waals surface area contributed by atoms with E-state index >= 15 is 0 Å². The molecule has 0 bridgehead atoms. The Morgan fingerprint density at radius 2 is 2.00 bits per heavy atom. The van der Waals surface area contributed by atoms with Gasteiger partial charge >= 0.3 is 0 Å². The van der Waals surface area contributed by atoms with Crippen LogP contribution in [0.15, 0.2) is 30.3 Å². The van der Waals surface area contributed by atoms with E-state index in [4.69, 9.17) is 5.73 Å². The molecule has 0 saturated heterocycles. The minimum Gasteiger partial charge on any atom is -0.342 e. The van der Waals surface area contributed by atoms with E-state index in [1.807, 2.05) is 43.6 Å². The molecule has 0 spiro atoms. The summed E-state index contributed by atoms with van der Waals surface area (Å²) in [5, 5.41) is 0. The maximum atomic E-state index is 12.1. The number of hydrogen-bond acceptors (Lipinski definition) is 3. The van der Waals surface area contributed by atoms with Crippen molar-refractivity contribution in [1.29, 1.82) is 0 Å². The summed E-state index contributed by atoms with van der Waals surface area (Å²) in [4.78, 5) is 13.9. The Labute approximate surface area is 114 Å². The molecule has 0 heterocycles. The largest absolute Gasteiger partial charge is 0.342 e. The Morgan fingerprint density at radius 3 is 2.56 bits per heavy atom. The van der Waals surface area contributed by atoms with Crippen molar-refractivity contribution in [3.63, 3.8) is 0 Å². The van der Waals surface area contributed by atoms with Crippen molar-refractivity contribution in [2.45, 2.75) is 25.4 Å². The lowest BCUT2D eigenvalue weighted by molar-refractivity contribution is -0.131. The van der Waals surface area contributed by atoms with E-state index < -0.39 is 0 Å². The normalized spacial score (nSPS) is 14.0. The third-order valence-corrected chi connectivity index (χ3v) is 3.90. The highest BCUT2D eigenvalue weighted by atomic mass is 32.2. The molecule has 2 N–H and O–H groups in total. The van der Waals surface area contributed by atoms with Crippen LogP contribution in [0.3, 0.4) is 0 Å². The van der Waals surface area contributed by atoms with Gasteiger partial charge in [0.25, 0.3) is 0 Å². The quantitative estimate of drug-likeness (QED) is 0.859. The van der Waals surface area contributed by atoms with Crippen LogP contribution in [0.25, 0.3) is 0 Å². The summed E-state index contributed by atoms with van der Waals surface area (Å²) in [6, 6.07) is 9.79. The smallest absolute Gasteiger partial charge is 0.224 e. The number of benzene rings is 1. The van der Waals surface area contributed by atoms with Gasteiger partial charge in [-0.1, -0.05) is 30.3 Å². The van der Waals surface area contributed by atoms with Crippen LogP contribution >= 0.6 is 11.8 Å². The fourth-order valence-corrected chi connectivity index (χ4v) is 2.46.